The largest absolute Gasteiger partial charge is 0.399 e. The SMILES string of the molecule is NC1=C\C=C/C=C\C=C/C=C\C=C1. The predicted octanol–water partition coefficient (Wildman–Crippen LogP) is 2.62. The Morgan fingerprint density at radius 1 is 0.615 bits per heavy atom. The zero-order chi connectivity index (χ0) is 9.36. The first-order chi connectivity index (χ1) is 6.39. The summed E-state index contributed by atoms with van der Waals surface area (Å²) in [7, 11) is 0. The Labute approximate surface area is 79.0 Å². The molecule has 0 saturated heterocycles. The van der Waals surface area contributed by atoms with Crippen LogP contribution >= 0.6 is 0 Å². The van der Waals surface area contributed by atoms with Gasteiger partial charge in [-0.2, -0.15) is 0 Å². The second-order valence-corrected chi connectivity index (χ2v) is 2.57. The zero-order valence-corrected chi connectivity index (χ0v) is 7.43. The van der Waals surface area contributed by atoms with Crippen LogP contribution in [0, 0.1) is 0 Å². The monoisotopic (exact) mass is 171 g/mol. The molecule has 0 aromatic rings. The summed E-state index contributed by atoms with van der Waals surface area (Å²) in [5.41, 5.74) is 6.41. The average molecular weight is 171 g/mol. The fourth-order valence-corrected chi connectivity index (χ4v) is 0.838. The van der Waals surface area contributed by atoms with Crippen molar-refractivity contribution >= 4 is 0 Å². The fraction of sp³-hybridized carbons (Fsp3) is 0. The molecular weight excluding hydrogens is 158 g/mol. The van der Waals surface area contributed by atoms with Gasteiger partial charge in [-0.25, -0.2) is 0 Å². The van der Waals surface area contributed by atoms with Gasteiger partial charge in [-0.05, 0) is 12.2 Å². The van der Waals surface area contributed by atoms with Crippen LogP contribution < -0.4 is 5.73 Å². The lowest BCUT2D eigenvalue weighted by molar-refractivity contribution is 1.42. The molecule has 0 aliphatic heterocycles. The van der Waals surface area contributed by atoms with Crippen molar-refractivity contribution in [3.8, 4) is 0 Å². The van der Waals surface area contributed by atoms with Crippen molar-refractivity contribution in [1.29, 1.82) is 0 Å². The third-order valence-corrected chi connectivity index (χ3v) is 1.47. The topological polar surface area (TPSA) is 26.0 Å². The maximum absolute atomic E-state index is 5.66. The van der Waals surface area contributed by atoms with Crippen LogP contribution in [0.3, 0.4) is 0 Å². The molecule has 0 fully saturated rings. The van der Waals surface area contributed by atoms with Gasteiger partial charge in [0.1, 0.15) is 0 Å². The van der Waals surface area contributed by atoms with Gasteiger partial charge in [0, 0.05) is 5.70 Å². The standard InChI is InChI=1S/C12H13N/c13-12-10-8-6-4-2-1-3-5-7-9-11-12/h1-11H,13H2/b2-1-,3-1?,4-2?,5-3-,6-4-,7-5?,8-6?,9-7-,10-8?,11-9?,12-10?,12-11?. The molecule has 0 unspecified atom stereocenters. The van der Waals surface area contributed by atoms with Crippen molar-refractivity contribution < 1.29 is 0 Å². The molecule has 0 aromatic heterocycles. The van der Waals surface area contributed by atoms with Gasteiger partial charge in [0.15, 0.2) is 0 Å². The number of hydrogen-bond donors (Lipinski definition) is 1. The minimum absolute atomic E-state index is 0.749. The van der Waals surface area contributed by atoms with Gasteiger partial charge in [0.25, 0.3) is 0 Å². The summed E-state index contributed by atoms with van der Waals surface area (Å²) in [5.74, 6) is 0. The molecule has 66 valence electrons. The summed E-state index contributed by atoms with van der Waals surface area (Å²) in [6.07, 6.45) is 21.3. The van der Waals surface area contributed by atoms with Crippen molar-refractivity contribution in [3.05, 3.63) is 72.5 Å². The first kappa shape index (κ1) is 9.33. The molecular formula is C12H13N. The highest BCUT2D eigenvalue weighted by Gasteiger charge is 1.76. The average Bonchev–Trinajstić information content (AvgIpc) is 2.11. The van der Waals surface area contributed by atoms with E-state index in [4.69, 9.17) is 5.73 Å². The highest BCUT2D eigenvalue weighted by atomic mass is 14.5. The number of hydrogen-bond acceptors (Lipinski definition) is 1. The Bertz CT molecular complexity index is 312. The Morgan fingerprint density at radius 3 is 1.69 bits per heavy atom. The van der Waals surface area contributed by atoms with E-state index >= 15 is 0 Å². The van der Waals surface area contributed by atoms with E-state index in [-0.39, 0.29) is 0 Å². The van der Waals surface area contributed by atoms with Crippen molar-refractivity contribution in [1.82, 2.24) is 0 Å². The second-order valence-electron chi connectivity index (χ2n) is 2.57. The molecule has 1 aliphatic carbocycles. The van der Waals surface area contributed by atoms with Crippen molar-refractivity contribution in [3.63, 3.8) is 0 Å². The Balaban J connectivity index is 2.78. The van der Waals surface area contributed by atoms with E-state index in [9.17, 15) is 0 Å². The fourth-order valence-electron chi connectivity index (χ4n) is 0.838. The van der Waals surface area contributed by atoms with E-state index in [0.29, 0.717) is 0 Å². The molecule has 0 atom stereocenters. The summed E-state index contributed by atoms with van der Waals surface area (Å²) in [6.45, 7) is 0. The minimum atomic E-state index is 0.749. The smallest absolute Gasteiger partial charge is 0.0313 e. The highest BCUT2D eigenvalue weighted by molar-refractivity contribution is 5.27. The number of allylic oxidation sites excluding steroid dienone is 11. The Morgan fingerprint density at radius 2 is 1.08 bits per heavy atom. The molecule has 0 radical (unpaired) electrons. The summed E-state index contributed by atoms with van der Waals surface area (Å²) in [4.78, 5) is 0. The van der Waals surface area contributed by atoms with Crippen LogP contribution in [0.5, 0.6) is 0 Å². The van der Waals surface area contributed by atoms with Crippen molar-refractivity contribution in [2.24, 2.45) is 5.73 Å². The lowest BCUT2D eigenvalue weighted by Gasteiger charge is -1.87. The quantitative estimate of drug-likeness (QED) is 0.595. The molecule has 0 bridgehead atoms. The third-order valence-electron chi connectivity index (χ3n) is 1.47. The molecule has 0 heterocycles. The van der Waals surface area contributed by atoms with Crippen LogP contribution in [0.1, 0.15) is 0 Å². The van der Waals surface area contributed by atoms with Gasteiger partial charge in [-0.3, -0.25) is 0 Å². The van der Waals surface area contributed by atoms with Crippen LogP contribution in [0.15, 0.2) is 72.5 Å². The second kappa shape index (κ2) is 5.84. The van der Waals surface area contributed by atoms with Gasteiger partial charge < -0.3 is 5.73 Å². The van der Waals surface area contributed by atoms with Gasteiger partial charge in [-0.1, -0.05) is 54.7 Å². The van der Waals surface area contributed by atoms with Crippen LogP contribution in [0.25, 0.3) is 0 Å². The number of nitrogens with two attached hydrogens (primary N) is 1. The summed E-state index contributed by atoms with van der Waals surface area (Å²) in [5, 5.41) is 0. The van der Waals surface area contributed by atoms with Crippen molar-refractivity contribution in [2.75, 3.05) is 0 Å². The molecule has 1 aliphatic rings. The molecule has 1 nitrogen and oxygen atoms in total. The lowest BCUT2D eigenvalue weighted by Crippen LogP contribution is -1.90. The van der Waals surface area contributed by atoms with Crippen LogP contribution in [0.2, 0.25) is 0 Å². The zero-order valence-electron chi connectivity index (χ0n) is 7.43. The molecule has 0 spiro atoms. The van der Waals surface area contributed by atoms with Gasteiger partial charge >= 0.3 is 0 Å². The van der Waals surface area contributed by atoms with E-state index in [1.807, 2.05) is 66.8 Å². The van der Waals surface area contributed by atoms with Crippen LogP contribution in [-0.2, 0) is 0 Å². The molecule has 1 heteroatoms. The summed E-state index contributed by atoms with van der Waals surface area (Å²) >= 11 is 0. The van der Waals surface area contributed by atoms with Gasteiger partial charge in [0.05, 0.1) is 0 Å². The summed E-state index contributed by atoms with van der Waals surface area (Å²) in [6, 6.07) is 0. The first-order valence-corrected chi connectivity index (χ1v) is 4.20. The molecule has 1 rings (SSSR count). The van der Waals surface area contributed by atoms with Crippen LogP contribution in [-0.4, -0.2) is 0 Å². The van der Waals surface area contributed by atoms with E-state index in [1.165, 1.54) is 0 Å². The predicted molar refractivity (Wildman–Crippen MR) is 58.0 cm³/mol. The first-order valence-electron chi connectivity index (χ1n) is 4.20. The molecule has 0 aromatic carbocycles. The van der Waals surface area contributed by atoms with Gasteiger partial charge in [0.2, 0.25) is 0 Å². The Hall–Kier alpha value is -1.76. The molecule has 13 heavy (non-hydrogen) atoms. The summed E-state index contributed by atoms with van der Waals surface area (Å²) < 4.78 is 0. The lowest BCUT2D eigenvalue weighted by atomic mass is 10.3. The van der Waals surface area contributed by atoms with Crippen molar-refractivity contribution in [2.45, 2.75) is 0 Å². The van der Waals surface area contributed by atoms with Crippen LogP contribution in [0.4, 0.5) is 0 Å². The highest BCUT2D eigenvalue weighted by Crippen LogP contribution is 1.92. The van der Waals surface area contributed by atoms with E-state index < -0.39 is 0 Å². The third kappa shape index (κ3) is 4.64. The van der Waals surface area contributed by atoms with E-state index in [2.05, 4.69) is 0 Å². The van der Waals surface area contributed by atoms with E-state index in [0.717, 1.165) is 5.70 Å². The van der Waals surface area contributed by atoms with Gasteiger partial charge in [-0.15, -0.1) is 0 Å². The molecule has 0 amide bonds. The normalized spacial score (nSPS) is 26.3. The molecule has 0 saturated carbocycles. The maximum Gasteiger partial charge on any atom is 0.0313 e. The Kier molecular flexibility index (Phi) is 4.19. The minimum Gasteiger partial charge on any atom is -0.399 e. The maximum atomic E-state index is 5.66. The number of rotatable bonds is 0. The van der Waals surface area contributed by atoms with E-state index in [1.54, 1.807) is 0 Å². The molecule has 2 N–H and O–H groups in total.